The van der Waals surface area contributed by atoms with Gasteiger partial charge in [0.15, 0.2) is 17.7 Å². The number of nitrogen functional groups attached to an aromatic ring is 1. The van der Waals surface area contributed by atoms with Gasteiger partial charge in [0.05, 0.1) is 12.9 Å². The number of imidazole rings is 1. The molecule has 8 nitrogen and oxygen atoms in total. The van der Waals surface area contributed by atoms with Gasteiger partial charge in [0, 0.05) is 6.08 Å². The molecule has 1 aliphatic rings. The summed E-state index contributed by atoms with van der Waals surface area (Å²) in [5.41, 5.74) is 6.21. The van der Waals surface area contributed by atoms with Gasteiger partial charge >= 0.3 is 0 Å². The summed E-state index contributed by atoms with van der Waals surface area (Å²) in [5.74, 6) is 0.143. The van der Waals surface area contributed by atoms with Gasteiger partial charge in [0.2, 0.25) is 5.67 Å². The summed E-state index contributed by atoms with van der Waals surface area (Å²) >= 11 is 0. The molecule has 0 spiro atoms. The molecule has 1 saturated heterocycles. The molecule has 3 heterocycles. The summed E-state index contributed by atoms with van der Waals surface area (Å²) in [4.78, 5) is 11.9. The highest BCUT2D eigenvalue weighted by Crippen LogP contribution is 2.43. The molecule has 4 atom stereocenters. The first-order chi connectivity index (χ1) is 10.5. The number of aliphatic hydroxyl groups is 2. The van der Waals surface area contributed by atoms with Gasteiger partial charge in [-0.1, -0.05) is 6.58 Å². The lowest BCUT2D eigenvalue weighted by Crippen LogP contribution is -2.41. The highest BCUT2D eigenvalue weighted by Gasteiger charge is 2.57. The summed E-state index contributed by atoms with van der Waals surface area (Å²) in [6, 6.07) is 0. The number of aliphatic hydroxyl groups excluding tert-OH is 2. The molecule has 4 N–H and O–H groups in total. The fraction of sp³-hybridized carbons (Fsp3) is 0.385. The lowest BCUT2D eigenvalue weighted by Gasteiger charge is -2.25. The Hall–Kier alpha value is -2.32. The van der Waals surface area contributed by atoms with Crippen LogP contribution in [0.15, 0.2) is 31.0 Å². The van der Waals surface area contributed by atoms with E-state index in [1.165, 1.54) is 17.2 Å². The molecular formula is C13H14FN5O3. The zero-order chi connectivity index (χ0) is 15.9. The largest absolute Gasteiger partial charge is 0.394 e. The maximum atomic E-state index is 15.2. The summed E-state index contributed by atoms with van der Waals surface area (Å²) in [5, 5.41) is 19.3. The lowest BCUT2D eigenvalue weighted by molar-refractivity contribution is -0.0515. The van der Waals surface area contributed by atoms with E-state index in [0.29, 0.717) is 0 Å². The van der Waals surface area contributed by atoms with Crippen LogP contribution in [0.4, 0.5) is 10.2 Å². The normalized spacial score (nSPS) is 31.3. The third-order valence-corrected chi connectivity index (χ3v) is 3.63. The molecule has 1 fully saturated rings. The Morgan fingerprint density at radius 2 is 2.32 bits per heavy atom. The number of halogens is 1. The number of rotatable bonds is 3. The smallest absolute Gasteiger partial charge is 0.209 e. The lowest BCUT2D eigenvalue weighted by atomic mass is 9.96. The highest BCUT2D eigenvalue weighted by atomic mass is 19.1. The number of aromatic nitrogens is 4. The summed E-state index contributed by atoms with van der Waals surface area (Å²) in [6.07, 6.45) is -0.515. The van der Waals surface area contributed by atoms with E-state index in [2.05, 4.69) is 27.3 Å². The average molecular weight is 307 g/mol. The van der Waals surface area contributed by atoms with E-state index < -0.39 is 30.7 Å². The van der Waals surface area contributed by atoms with Crippen molar-refractivity contribution >= 4 is 17.0 Å². The predicted molar refractivity (Wildman–Crippen MR) is 74.3 cm³/mol. The monoisotopic (exact) mass is 307 g/mol. The van der Waals surface area contributed by atoms with Gasteiger partial charge < -0.3 is 20.7 Å². The van der Waals surface area contributed by atoms with Crippen LogP contribution in [0.5, 0.6) is 0 Å². The number of hydrogen-bond acceptors (Lipinski definition) is 7. The van der Waals surface area contributed by atoms with Crippen LogP contribution in [-0.2, 0) is 4.74 Å². The molecule has 0 unspecified atom stereocenters. The van der Waals surface area contributed by atoms with Crippen molar-refractivity contribution in [2.24, 2.45) is 0 Å². The van der Waals surface area contributed by atoms with Crippen LogP contribution in [-0.4, -0.2) is 54.2 Å². The maximum absolute atomic E-state index is 15.2. The molecule has 0 radical (unpaired) electrons. The van der Waals surface area contributed by atoms with Gasteiger partial charge in [-0.25, -0.2) is 19.3 Å². The van der Waals surface area contributed by atoms with E-state index in [1.807, 2.05) is 0 Å². The Labute approximate surface area is 124 Å². The van der Waals surface area contributed by atoms with Crippen LogP contribution in [0.3, 0.4) is 0 Å². The first-order valence-corrected chi connectivity index (χ1v) is 6.46. The van der Waals surface area contributed by atoms with Gasteiger partial charge in [-0.15, -0.1) is 5.73 Å². The van der Waals surface area contributed by atoms with Crippen molar-refractivity contribution in [2.75, 3.05) is 12.3 Å². The van der Waals surface area contributed by atoms with Gasteiger partial charge in [-0.05, 0) is 0 Å². The molecule has 2 aromatic heterocycles. The first kappa shape index (κ1) is 14.6. The van der Waals surface area contributed by atoms with Crippen molar-refractivity contribution in [1.29, 1.82) is 0 Å². The Kier molecular flexibility index (Phi) is 3.42. The van der Waals surface area contributed by atoms with E-state index in [0.717, 1.165) is 6.08 Å². The van der Waals surface area contributed by atoms with E-state index >= 15 is 4.39 Å². The number of nitrogens with zero attached hydrogens (tertiary/aromatic N) is 4. The van der Waals surface area contributed by atoms with Crippen LogP contribution in [0.1, 0.15) is 6.23 Å². The molecular weight excluding hydrogens is 293 g/mol. The fourth-order valence-electron chi connectivity index (χ4n) is 2.55. The maximum Gasteiger partial charge on any atom is 0.209 e. The molecule has 22 heavy (non-hydrogen) atoms. The Morgan fingerprint density at radius 1 is 1.55 bits per heavy atom. The molecule has 0 amide bonds. The zero-order valence-electron chi connectivity index (χ0n) is 11.4. The number of fused-ring (bicyclic) bond motifs is 1. The molecule has 0 aliphatic carbocycles. The predicted octanol–water partition coefficient (Wildman–Crippen LogP) is -0.292. The van der Waals surface area contributed by atoms with Crippen LogP contribution < -0.4 is 5.73 Å². The SMILES string of the molecule is C=C=C[C@@]1(F)[C@H](O)[C@@H](CO)O[C@H]1n1cnc2c(N)ncnc21. The van der Waals surface area contributed by atoms with Gasteiger partial charge in [-0.2, -0.15) is 0 Å². The first-order valence-electron chi connectivity index (χ1n) is 6.46. The van der Waals surface area contributed by atoms with Gasteiger partial charge in [0.1, 0.15) is 24.1 Å². The Balaban J connectivity index is 2.16. The highest BCUT2D eigenvalue weighted by molar-refractivity contribution is 5.81. The Bertz CT molecular complexity index is 759. The summed E-state index contributed by atoms with van der Waals surface area (Å²) in [6.45, 7) is 2.78. The molecule has 1 aliphatic heterocycles. The second-order valence-corrected chi connectivity index (χ2v) is 4.91. The van der Waals surface area contributed by atoms with Crippen LogP contribution in [0, 0.1) is 0 Å². The van der Waals surface area contributed by atoms with Crippen molar-refractivity contribution in [1.82, 2.24) is 19.5 Å². The molecule has 0 aromatic carbocycles. The number of alkyl halides is 1. The number of hydrogen-bond donors (Lipinski definition) is 3. The van der Waals surface area contributed by atoms with Crippen molar-refractivity contribution in [3.8, 4) is 0 Å². The summed E-state index contributed by atoms with van der Waals surface area (Å²) < 4.78 is 22.0. The second-order valence-electron chi connectivity index (χ2n) is 4.91. The number of ether oxygens (including phenoxy) is 1. The third kappa shape index (κ3) is 1.92. The van der Waals surface area contributed by atoms with Crippen molar-refractivity contribution < 1.29 is 19.3 Å². The van der Waals surface area contributed by atoms with Crippen molar-refractivity contribution in [2.45, 2.75) is 24.1 Å². The minimum absolute atomic E-state index is 0.143. The number of nitrogens with two attached hydrogens (primary N) is 1. The molecule has 3 rings (SSSR count). The molecule has 0 bridgehead atoms. The average Bonchev–Trinajstić information content (AvgIpc) is 3.02. The Morgan fingerprint density at radius 3 is 3.00 bits per heavy atom. The van der Waals surface area contributed by atoms with Crippen LogP contribution in [0.25, 0.3) is 11.2 Å². The minimum Gasteiger partial charge on any atom is -0.394 e. The van der Waals surface area contributed by atoms with Crippen LogP contribution >= 0.6 is 0 Å². The molecule has 0 saturated carbocycles. The molecule has 2 aromatic rings. The topological polar surface area (TPSA) is 119 Å². The standard InChI is InChI=1S/C13H14FN5O3/c1-2-3-13(14)9(21)7(4-20)22-12(13)19-6-18-8-10(15)16-5-17-11(8)19/h3,5-7,9,12,20-21H,1,4H2,(H2,15,16,17)/t7-,9-,12-,13-/m1/s1. The van der Waals surface area contributed by atoms with Gasteiger partial charge in [-0.3, -0.25) is 4.57 Å². The van der Waals surface area contributed by atoms with E-state index in [9.17, 15) is 10.2 Å². The molecule has 9 heteroatoms. The third-order valence-electron chi connectivity index (χ3n) is 3.63. The number of anilines is 1. The van der Waals surface area contributed by atoms with Crippen LogP contribution in [0.2, 0.25) is 0 Å². The zero-order valence-corrected chi connectivity index (χ0v) is 11.4. The van der Waals surface area contributed by atoms with Crippen molar-refractivity contribution in [3.63, 3.8) is 0 Å². The van der Waals surface area contributed by atoms with E-state index in [1.54, 1.807) is 0 Å². The quantitative estimate of drug-likeness (QED) is 0.666. The fourth-order valence-corrected chi connectivity index (χ4v) is 2.55. The van der Waals surface area contributed by atoms with Crippen molar-refractivity contribution in [3.05, 3.63) is 31.0 Å². The van der Waals surface area contributed by atoms with Gasteiger partial charge in [0.25, 0.3) is 0 Å². The summed E-state index contributed by atoms with van der Waals surface area (Å²) in [7, 11) is 0. The second kappa shape index (κ2) is 5.15. The minimum atomic E-state index is -2.34. The van der Waals surface area contributed by atoms with E-state index in [-0.39, 0.29) is 17.0 Å². The van der Waals surface area contributed by atoms with E-state index in [4.69, 9.17) is 10.5 Å². The molecule has 116 valence electrons.